The number of hydrogen-bond acceptors (Lipinski definition) is 4. The molecule has 1 aliphatic rings. The van der Waals surface area contributed by atoms with Gasteiger partial charge in [-0.15, -0.1) is 11.3 Å². The standard InChI is InChI=1S/C10H14BrClN2O2S2/c11-10-8(12)5-9(17-10)18(15,16)14-7-3-1-6(13)2-4-7/h5-7,14H,1-4,13H2. The first-order valence-electron chi connectivity index (χ1n) is 5.61. The van der Waals surface area contributed by atoms with Gasteiger partial charge in [-0.3, -0.25) is 0 Å². The summed E-state index contributed by atoms with van der Waals surface area (Å²) in [5.74, 6) is 0. The molecule has 1 saturated carbocycles. The van der Waals surface area contributed by atoms with Gasteiger partial charge in [-0.2, -0.15) is 0 Å². The van der Waals surface area contributed by atoms with Crippen molar-refractivity contribution in [2.75, 3.05) is 0 Å². The molecule has 0 radical (unpaired) electrons. The van der Waals surface area contributed by atoms with Crippen LogP contribution in [-0.2, 0) is 10.0 Å². The van der Waals surface area contributed by atoms with Crippen LogP contribution in [0.4, 0.5) is 0 Å². The van der Waals surface area contributed by atoms with E-state index in [1.165, 1.54) is 6.07 Å². The predicted octanol–water partition coefficient (Wildman–Crippen LogP) is 2.71. The van der Waals surface area contributed by atoms with Crippen LogP contribution in [0.15, 0.2) is 14.1 Å². The zero-order valence-corrected chi connectivity index (χ0v) is 13.5. The Labute approximate surface area is 124 Å². The number of thiophene rings is 1. The van der Waals surface area contributed by atoms with Crippen molar-refractivity contribution in [3.63, 3.8) is 0 Å². The number of rotatable bonds is 3. The first-order chi connectivity index (χ1) is 8.38. The minimum Gasteiger partial charge on any atom is -0.328 e. The SMILES string of the molecule is NC1CCC(NS(=O)(=O)c2cc(Cl)c(Br)s2)CC1. The first-order valence-corrected chi connectivity index (χ1v) is 9.08. The molecule has 0 amide bonds. The Morgan fingerprint density at radius 1 is 1.39 bits per heavy atom. The lowest BCUT2D eigenvalue weighted by Crippen LogP contribution is -2.40. The van der Waals surface area contributed by atoms with Gasteiger partial charge in [0, 0.05) is 12.1 Å². The van der Waals surface area contributed by atoms with Crippen LogP contribution in [0.1, 0.15) is 25.7 Å². The first kappa shape index (κ1) is 14.7. The fourth-order valence-corrected chi connectivity index (χ4v) is 5.69. The molecule has 1 aromatic rings. The summed E-state index contributed by atoms with van der Waals surface area (Å²) in [5.41, 5.74) is 5.80. The fourth-order valence-electron chi connectivity index (χ4n) is 1.97. The van der Waals surface area contributed by atoms with Crippen molar-refractivity contribution in [2.24, 2.45) is 5.73 Å². The molecule has 1 aromatic heterocycles. The van der Waals surface area contributed by atoms with Gasteiger partial charge >= 0.3 is 0 Å². The van der Waals surface area contributed by atoms with E-state index in [0.717, 1.165) is 37.0 Å². The molecule has 0 spiro atoms. The summed E-state index contributed by atoms with van der Waals surface area (Å²) in [5, 5.41) is 0.422. The highest BCUT2D eigenvalue weighted by Crippen LogP contribution is 2.34. The van der Waals surface area contributed by atoms with Crippen LogP contribution in [0.5, 0.6) is 0 Å². The van der Waals surface area contributed by atoms with Crippen LogP contribution in [0, 0.1) is 0 Å². The van der Waals surface area contributed by atoms with Gasteiger partial charge in [-0.1, -0.05) is 11.6 Å². The molecule has 4 nitrogen and oxygen atoms in total. The van der Waals surface area contributed by atoms with Crippen molar-refractivity contribution >= 4 is 48.9 Å². The van der Waals surface area contributed by atoms with E-state index in [9.17, 15) is 8.42 Å². The van der Waals surface area contributed by atoms with Gasteiger partial charge < -0.3 is 5.73 Å². The van der Waals surface area contributed by atoms with Crippen LogP contribution in [-0.4, -0.2) is 20.5 Å². The van der Waals surface area contributed by atoms with Gasteiger partial charge in [-0.05, 0) is 47.7 Å². The van der Waals surface area contributed by atoms with E-state index in [-0.39, 0.29) is 16.3 Å². The molecule has 0 saturated heterocycles. The second kappa shape index (κ2) is 5.76. The minimum atomic E-state index is -3.47. The molecular formula is C10H14BrClN2O2S2. The molecule has 1 heterocycles. The summed E-state index contributed by atoms with van der Waals surface area (Å²) < 4.78 is 27.9. The van der Waals surface area contributed by atoms with Gasteiger partial charge in [0.05, 0.1) is 8.81 Å². The Kier molecular flexibility index (Phi) is 4.72. The highest BCUT2D eigenvalue weighted by Gasteiger charge is 2.26. The van der Waals surface area contributed by atoms with E-state index in [4.69, 9.17) is 17.3 Å². The van der Waals surface area contributed by atoms with Crippen molar-refractivity contribution in [1.82, 2.24) is 4.72 Å². The average molecular weight is 374 g/mol. The molecule has 0 unspecified atom stereocenters. The van der Waals surface area contributed by atoms with E-state index >= 15 is 0 Å². The van der Waals surface area contributed by atoms with Gasteiger partial charge in [0.2, 0.25) is 10.0 Å². The van der Waals surface area contributed by atoms with Crippen LogP contribution in [0.3, 0.4) is 0 Å². The molecule has 0 aromatic carbocycles. The van der Waals surface area contributed by atoms with Crippen molar-refractivity contribution in [1.29, 1.82) is 0 Å². The second-order valence-electron chi connectivity index (χ2n) is 4.42. The van der Waals surface area contributed by atoms with Gasteiger partial charge in [0.15, 0.2) is 0 Å². The topological polar surface area (TPSA) is 72.2 Å². The number of nitrogens with two attached hydrogens (primary N) is 1. The molecule has 18 heavy (non-hydrogen) atoms. The third-order valence-electron chi connectivity index (χ3n) is 2.98. The van der Waals surface area contributed by atoms with Crippen molar-refractivity contribution in [3.8, 4) is 0 Å². The van der Waals surface area contributed by atoms with Crippen LogP contribution < -0.4 is 10.5 Å². The summed E-state index contributed by atoms with van der Waals surface area (Å²) in [7, 11) is -3.47. The molecule has 0 atom stereocenters. The van der Waals surface area contributed by atoms with Crippen LogP contribution >= 0.6 is 38.9 Å². The average Bonchev–Trinajstić information content (AvgIpc) is 2.63. The lowest BCUT2D eigenvalue weighted by Gasteiger charge is -2.26. The maximum Gasteiger partial charge on any atom is 0.250 e. The normalized spacial score (nSPS) is 25.3. The van der Waals surface area contributed by atoms with E-state index in [1.54, 1.807) is 0 Å². The highest BCUT2D eigenvalue weighted by molar-refractivity contribution is 9.11. The summed E-state index contributed by atoms with van der Waals surface area (Å²) in [6.07, 6.45) is 3.31. The number of sulfonamides is 1. The molecule has 1 fully saturated rings. The van der Waals surface area contributed by atoms with Gasteiger partial charge in [-0.25, -0.2) is 13.1 Å². The lowest BCUT2D eigenvalue weighted by molar-refractivity contribution is 0.374. The molecule has 0 bridgehead atoms. The van der Waals surface area contributed by atoms with E-state index < -0.39 is 10.0 Å². The summed E-state index contributed by atoms with van der Waals surface area (Å²) in [6, 6.07) is 1.65. The second-order valence-corrected chi connectivity index (χ2v) is 9.14. The lowest BCUT2D eigenvalue weighted by atomic mass is 9.93. The fraction of sp³-hybridized carbons (Fsp3) is 0.600. The smallest absolute Gasteiger partial charge is 0.250 e. The Hall–Kier alpha value is 0.340. The van der Waals surface area contributed by atoms with Crippen LogP contribution in [0.2, 0.25) is 5.02 Å². The quantitative estimate of drug-likeness (QED) is 0.855. The van der Waals surface area contributed by atoms with E-state index in [1.807, 2.05) is 0 Å². The molecule has 3 N–H and O–H groups in total. The Bertz CT molecular complexity index is 504. The largest absolute Gasteiger partial charge is 0.328 e. The van der Waals surface area contributed by atoms with Crippen molar-refractivity contribution in [2.45, 2.75) is 42.0 Å². The summed E-state index contributed by atoms with van der Waals surface area (Å²) in [4.78, 5) is 0. The predicted molar refractivity (Wildman–Crippen MR) is 77.6 cm³/mol. The molecule has 8 heteroatoms. The zero-order valence-electron chi connectivity index (χ0n) is 9.53. The Morgan fingerprint density at radius 2 is 2.00 bits per heavy atom. The van der Waals surface area contributed by atoms with Gasteiger partial charge in [0.1, 0.15) is 4.21 Å². The highest BCUT2D eigenvalue weighted by atomic mass is 79.9. The third-order valence-corrected chi connectivity index (χ3v) is 7.45. The minimum absolute atomic E-state index is 0.0190. The maximum atomic E-state index is 12.1. The number of nitrogens with one attached hydrogen (secondary N) is 1. The summed E-state index contributed by atoms with van der Waals surface area (Å²) in [6.45, 7) is 0. The third kappa shape index (κ3) is 3.46. The Morgan fingerprint density at radius 3 is 2.50 bits per heavy atom. The monoisotopic (exact) mass is 372 g/mol. The maximum absolute atomic E-state index is 12.1. The molecule has 1 aliphatic carbocycles. The van der Waals surface area contributed by atoms with Crippen molar-refractivity contribution in [3.05, 3.63) is 14.9 Å². The van der Waals surface area contributed by atoms with E-state index in [2.05, 4.69) is 20.7 Å². The van der Waals surface area contributed by atoms with Crippen molar-refractivity contribution < 1.29 is 8.42 Å². The van der Waals surface area contributed by atoms with E-state index in [0.29, 0.717) is 8.81 Å². The summed E-state index contributed by atoms with van der Waals surface area (Å²) >= 11 is 10.2. The number of hydrogen-bond donors (Lipinski definition) is 2. The number of halogens is 2. The molecule has 102 valence electrons. The molecule has 0 aliphatic heterocycles. The Balaban J connectivity index is 2.08. The zero-order chi connectivity index (χ0) is 13.3. The van der Waals surface area contributed by atoms with Gasteiger partial charge in [0.25, 0.3) is 0 Å². The molecular weight excluding hydrogens is 360 g/mol. The molecule has 2 rings (SSSR count). The van der Waals surface area contributed by atoms with Crippen LogP contribution in [0.25, 0.3) is 0 Å².